The SMILES string of the molecule is CCc1nc(CN(C)C(=O)c2nn(Cc3ccccc3)c(=O)c3ccccc23)cs1. The molecule has 0 atom stereocenters. The van der Waals surface area contributed by atoms with Crippen molar-refractivity contribution in [2.45, 2.75) is 26.4 Å². The van der Waals surface area contributed by atoms with E-state index in [-0.39, 0.29) is 17.2 Å². The molecule has 0 N–H and O–H groups in total. The predicted octanol–water partition coefficient (Wildman–Crippen LogP) is 3.74. The molecule has 0 aliphatic rings. The Hall–Kier alpha value is -3.32. The molecule has 0 saturated carbocycles. The Morgan fingerprint density at radius 1 is 1.07 bits per heavy atom. The molecular weight excluding hydrogens is 396 g/mol. The van der Waals surface area contributed by atoms with Gasteiger partial charge < -0.3 is 4.90 Å². The summed E-state index contributed by atoms with van der Waals surface area (Å²) in [6.45, 7) is 2.76. The van der Waals surface area contributed by atoms with E-state index in [0.29, 0.717) is 23.9 Å². The summed E-state index contributed by atoms with van der Waals surface area (Å²) in [5.41, 5.74) is 1.87. The van der Waals surface area contributed by atoms with Gasteiger partial charge in [-0.15, -0.1) is 11.3 Å². The van der Waals surface area contributed by atoms with Crippen molar-refractivity contribution in [2.75, 3.05) is 7.05 Å². The van der Waals surface area contributed by atoms with Gasteiger partial charge in [0.2, 0.25) is 0 Å². The van der Waals surface area contributed by atoms with Crippen LogP contribution < -0.4 is 5.56 Å². The Morgan fingerprint density at radius 3 is 2.47 bits per heavy atom. The van der Waals surface area contributed by atoms with E-state index in [1.165, 1.54) is 4.68 Å². The number of nitrogens with zero attached hydrogens (tertiary/aromatic N) is 4. The number of thiazole rings is 1. The highest BCUT2D eigenvalue weighted by atomic mass is 32.1. The van der Waals surface area contributed by atoms with Gasteiger partial charge in [-0.25, -0.2) is 9.67 Å². The molecule has 0 aliphatic heterocycles. The number of rotatable bonds is 6. The van der Waals surface area contributed by atoms with Crippen LogP contribution in [0.5, 0.6) is 0 Å². The topological polar surface area (TPSA) is 68.1 Å². The molecule has 0 bridgehead atoms. The van der Waals surface area contributed by atoms with E-state index in [9.17, 15) is 9.59 Å². The van der Waals surface area contributed by atoms with Crippen LogP contribution in [-0.2, 0) is 19.5 Å². The zero-order valence-corrected chi connectivity index (χ0v) is 17.7. The largest absolute Gasteiger partial charge is 0.334 e. The Kier molecular flexibility index (Phi) is 5.72. The molecule has 0 spiro atoms. The second-order valence-corrected chi connectivity index (χ2v) is 8.03. The maximum absolute atomic E-state index is 13.3. The number of amides is 1. The van der Waals surface area contributed by atoms with Crippen LogP contribution in [0, 0.1) is 0 Å². The number of hydrogen-bond donors (Lipinski definition) is 0. The molecule has 152 valence electrons. The summed E-state index contributed by atoms with van der Waals surface area (Å²) in [6, 6.07) is 16.8. The molecule has 7 heteroatoms. The van der Waals surface area contributed by atoms with Gasteiger partial charge >= 0.3 is 0 Å². The van der Waals surface area contributed by atoms with Crippen LogP contribution in [0.15, 0.2) is 64.8 Å². The Balaban J connectivity index is 1.72. The minimum Gasteiger partial charge on any atom is -0.334 e. The summed E-state index contributed by atoms with van der Waals surface area (Å²) in [7, 11) is 1.73. The summed E-state index contributed by atoms with van der Waals surface area (Å²) < 4.78 is 1.37. The third-order valence-corrected chi connectivity index (χ3v) is 5.94. The van der Waals surface area contributed by atoms with Crippen molar-refractivity contribution in [3.05, 3.63) is 92.3 Å². The fourth-order valence-corrected chi connectivity index (χ4v) is 4.07. The van der Waals surface area contributed by atoms with E-state index in [1.807, 2.05) is 41.8 Å². The highest BCUT2D eigenvalue weighted by molar-refractivity contribution is 7.09. The summed E-state index contributed by atoms with van der Waals surface area (Å²) >= 11 is 1.60. The first-order valence-electron chi connectivity index (χ1n) is 9.79. The lowest BCUT2D eigenvalue weighted by Gasteiger charge is -2.17. The van der Waals surface area contributed by atoms with Gasteiger partial charge in [-0.05, 0) is 18.1 Å². The van der Waals surface area contributed by atoms with Gasteiger partial charge in [-0.2, -0.15) is 5.10 Å². The fourth-order valence-electron chi connectivity index (χ4n) is 3.34. The molecule has 2 aromatic carbocycles. The highest BCUT2D eigenvalue weighted by Crippen LogP contribution is 2.17. The predicted molar refractivity (Wildman–Crippen MR) is 119 cm³/mol. The van der Waals surface area contributed by atoms with Crippen molar-refractivity contribution < 1.29 is 4.79 Å². The lowest BCUT2D eigenvalue weighted by molar-refractivity contribution is 0.0777. The zero-order chi connectivity index (χ0) is 21.1. The number of hydrogen-bond acceptors (Lipinski definition) is 5. The molecule has 0 radical (unpaired) electrons. The molecule has 4 aromatic rings. The van der Waals surface area contributed by atoms with Crippen LogP contribution in [-0.4, -0.2) is 32.6 Å². The van der Waals surface area contributed by atoms with Crippen LogP contribution in [0.3, 0.4) is 0 Å². The number of carbonyl (C=O) groups is 1. The number of benzene rings is 2. The average molecular weight is 419 g/mol. The molecule has 30 heavy (non-hydrogen) atoms. The number of aromatic nitrogens is 3. The standard InChI is InChI=1S/C23H22N4O2S/c1-3-20-24-17(15-30-20)14-26(2)23(29)21-18-11-7-8-12-19(18)22(28)27(25-21)13-16-9-5-4-6-10-16/h4-12,15H,3,13-14H2,1-2H3. The van der Waals surface area contributed by atoms with Crippen LogP contribution in [0.1, 0.15) is 33.7 Å². The van der Waals surface area contributed by atoms with Gasteiger partial charge in [0, 0.05) is 17.8 Å². The molecule has 1 amide bonds. The molecule has 4 rings (SSSR count). The maximum Gasteiger partial charge on any atom is 0.275 e. The number of fused-ring (bicyclic) bond motifs is 1. The second kappa shape index (κ2) is 8.59. The summed E-state index contributed by atoms with van der Waals surface area (Å²) in [5.74, 6) is -0.237. The third-order valence-electron chi connectivity index (χ3n) is 4.89. The molecule has 0 unspecified atom stereocenters. The van der Waals surface area contributed by atoms with Gasteiger partial charge in [0.05, 0.1) is 29.2 Å². The quantitative estimate of drug-likeness (QED) is 0.478. The van der Waals surface area contributed by atoms with Gasteiger partial charge in [0.1, 0.15) is 0 Å². The molecular formula is C23H22N4O2S. The Bertz CT molecular complexity index is 1250. The summed E-state index contributed by atoms with van der Waals surface area (Å²) in [5, 5.41) is 8.55. The molecule has 6 nitrogen and oxygen atoms in total. The zero-order valence-electron chi connectivity index (χ0n) is 16.9. The normalized spacial score (nSPS) is 11.0. The smallest absolute Gasteiger partial charge is 0.275 e. The molecule has 0 aliphatic carbocycles. The van der Waals surface area contributed by atoms with Gasteiger partial charge in [0.15, 0.2) is 5.69 Å². The first-order chi connectivity index (χ1) is 14.6. The minimum absolute atomic E-state index is 0.208. The van der Waals surface area contributed by atoms with E-state index in [0.717, 1.165) is 22.7 Å². The fraction of sp³-hybridized carbons (Fsp3) is 0.217. The average Bonchev–Trinajstić information content (AvgIpc) is 3.23. The van der Waals surface area contributed by atoms with Crippen molar-refractivity contribution >= 4 is 28.0 Å². The van der Waals surface area contributed by atoms with Crippen molar-refractivity contribution in [3.63, 3.8) is 0 Å². The van der Waals surface area contributed by atoms with E-state index in [2.05, 4.69) is 17.0 Å². The van der Waals surface area contributed by atoms with Crippen molar-refractivity contribution in [1.29, 1.82) is 0 Å². The van der Waals surface area contributed by atoms with Crippen LogP contribution >= 0.6 is 11.3 Å². The minimum atomic E-state index is -0.237. The molecule has 2 heterocycles. The van der Waals surface area contributed by atoms with Crippen LogP contribution in [0.2, 0.25) is 0 Å². The summed E-state index contributed by atoms with van der Waals surface area (Å²) in [6.07, 6.45) is 0.874. The lowest BCUT2D eigenvalue weighted by Crippen LogP contribution is -2.32. The van der Waals surface area contributed by atoms with Crippen molar-refractivity contribution in [2.24, 2.45) is 0 Å². The van der Waals surface area contributed by atoms with Gasteiger partial charge in [0.25, 0.3) is 11.5 Å². The van der Waals surface area contributed by atoms with E-state index < -0.39 is 0 Å². The molecule has 2 aromatic heterocycles. The van der Waals surface area contributed by atoms with Crippen LogP contribution in [0.25, 0.3) is 10.8 Å². The maximum atomic E-state index is 13.3. The Morgan fingerprint density at radius 2 is 1.77 bits per heavy atom. The third kappa shape index (κ3) is 4.02. The van der Waals surface area contributed by atoms with Crippen molar-refractivity contribution in [3.8, 4) is 0 Å². The molecule has 0 fully saturated rings. The van der Waals surface area contributed by atoms with Crippen molar-refractivity contribution in [1.82, 2.24) is 19.7 Å². The van der Waals surface area contributed by atoms with E-state index in [1.54, 1.807) is 41.5 Å². The monoisotopic (exact) mass is 418 g/mol. The number of aryl methyl sites for hydroxylation is 1. The molecule has 0 saturated heterocycles. The van der Waals surface area contributed by atoms with E-state index >= 15 is 0 Å². The second-order valence-electron chi connectivity index (χ2n) is 7.09. The van der Waals surface area contributed by atoms with Gasteiger partial charge in [-0.1, -0.05) is 55.5 Å². The summed E-state index contributed by atoms with van der Waals surface area (Å²) in [4.78, 5) is 32.4. The number of carbonyl (C=O) groups excluding carboxylic acids is 1. The lowest BCUT2D eigenvalue weighted by atomic mass is 10.1. The Labute approximate surface area is 178 Å². The van der Waals surface area contributed by atoms with Crippen LogP contribution in [0.4, 0.5) is 0 Å². The first kappa shape index (κ1) is 20.0. The highest BCUT2D eigenvalue weighted by Gasteiger charge is 2.21. The van der Waals surface area contributed by atoms with E-state index in [4.69, 9.17) is 0 Å². The van der Waals surface area contributed by atoms with Gasteiger partial charge in [-0.3, -0.25) is 9.59 Å². The first-order valence-corrected chi connectivity index (χ1v) is 10.7.